The topological polar surface area (TPSA) is 29.4 Å². The van der Waals surface area contributed by atoms with E-state index in [1.54, 1.807) is 0 Å². The van der Waals surface area contributed by atoms with E-state index in [0.717, 1.165) is 0 Å². The van der Waals surface area contributed by atoms with Crippen molar-refractivity contribution >= 4 is 6.08 Å². The Morgan fingerprint density at radius 2 is 1.11 bits per heavy atom. The van der Waals surface area contributed by atoms with Gasteiger partial charge in [-0.05, 0) is 37.5 Å². The zero-order chi connectivity index (χ0) is 12.6. The van der Waals surface area contributed by atoms with Gasteiger partial charge in [-0.1, -0.05) is 51.4 Å². The Morgan fingerprint density at radius 3 is 1.44 bits per heavy atom. The van der Waals surface area contributed by atoms with Crippen LogP contribution in [0.4, 0.5) is 0 Å². The highest BCUT2D eigenvalue weighted by Crippen LogP contribution is 2.36. The summed E-state index contributed by atoms with van der Waals surface area (Å²) in [4.78, 5) is 15.0. The average molecular weight is 249 g/mol. The van der Waals surface area contributed by atoms with Crippen LogP contribution in [-0.2, 0) is 4.79 Å². The van der Waals surface area contributed by atoms with Gasteiger partial charge >= 0.3 is 0 Å². The quantitative estimate of drug-likeness (QED) is 0.407. The highest BCUT2D eigenvalue weighted by atomic mass is 16.1. The molecular formula is C16H27NO. The Hall–Kier alpha value is -0.620. The number of isocyanates is 1. The molecule has 2 aliphatic carbocycles. The summed E-state index contributed by atoms with van der Waals surface area (Å²) in [5.74, 6) is 1.33. The lowest BCUT2D eigenvalue weighted by Crippen LogP contribution is -2.27. The second kappa shape index (κ2) is 7.74. The molecule has 0 saturated heterocycles. The van der Waals surface area contributed by atoms with E-state index in [1.165, 1.54) is 77.0 Å². The molecule has 0 radical (unpaired) electrons. The molecule has 0 bridgehead atoms. The molecule has 0 atom stereocenters. The summed E-state index contributed by atoms with van der Waals surface area (Å²) >= 11 is 0. The summed E-state index contributed by atoms with van der Waals surface area (Å²) in [6, 6.07) is 0.290. The zero-order valence-electron chi connectivity index (χ0n) is 11.6. The van der Waals surface area contributed by atoms with Gasteiger partial charge in [0, 0.05) is 0 Å². The van der Waals surface area contributed by atoms with Gasteiger partial charge < -0.3 is 0 Å². The first kappa shape index (κ1) is 13.8. The maximum absolute atomic E-state index is 10.8. The van der Waals surface area contributed by atoms with Crippen LogP contribution in [0.3, 0.4) is 0 Å². The van der Waals surface area contributed by atoms with E-state index in [-0.39, 0.29) is 0 Å². The fourth-order valence-electron chi connectivity index (χ4n) is 3.96. The van der Waals surface area contributed by atoms with Gasteiger partial charge in [-0.15, -0.1) is 0 Å². The molecule has 2 fully saturated rings. The van der Waals surface area contributed by atoms with Gasteiger partial charge in [-0.3, -0.25) is 0 Å². The largest absolute Gasteiger partial charge is 0.235 e. The molecule has 2 saturated carbocycles. The number of carbonyl (C=O) groups excluding carboxylic acids is 1. The molecule has 0 spiro atoms. The first-order chi connectivity index (χ1) is 8.92. The molecular weight excluding hydrogens is 222 g/mol. The van der Waals surface area contributed by atoms with E-state index in [1.807, 2.05) is 6.08 Å². The summed E-state index contributed by atoms with van der Waals surface area (Å²) in [5, 5.41) is 0. The van der Waals surface area contributed by atoms with Crippen LogP contribution in [0.5, 0.6) is 0 Å². The Morgan fingerprint density at radius 1 is 0.722 bits per heavy atom. The van der Waals surface area contributed by atoms with Gasteiger partial charge in [0.15, 0.2) is 0 Å². The summed E-state index contributed by atoms with van der Waals surface area (Å²) in [6.07, 6.45) is 17.9. The normalized spacial score (nSPS) is 24.3. The van der Waals surface area contributed by atoms with Crippen molar-refractivity contribution in [2.75, 3.05) is 0 Å². The Bertz CT molecular complexity index is 247. The lowest BCUT2D eigenvalue weighted by atomic mass is 9.80. The minimum Gasteiger partial charge on any atom is -0.211 e. The smallest absolute Gasteiger partial charge is 0.211 e. The predicted octanol–water partition coefficient (Wildman–Crippen LogP) is 4.63. The van der Waals surface area contributed by atoms with E-state index >= 15 is 0 Å². The number of hydrogen-bond donors (Lipinski definition) is 0. The fraction of sp³-hybridized carbons (Fsp3) is 0.938. The molecule has 0 aliphatic heterocycles. The van der Waals surface area contributed by atoms with E-state index in [0.29, 0.717) is 17.9 Å². The van der Waals surface area contributed by atoms with Gasteiger partial charge in [-0.25, -0.2) is 9.79 Å². The Balaban J connectivity index is 2.02. The van der Waals surface area contributed by atoms with Crippen molar-refractivity contribution in [1.82, 2.24) is 0 Å². The minimum atomic E-state index is 0.290. The van der Waals surface area contributed by atoms with Gasteiger partial charge in [-0.2, -0.15) is 0 Å². The van der Waals surface area contributed by atoms with Crippen LogP contribution in [0.15, 0.2) is 4.99 Å². The van der Waals surface area contributed by atoms with Gasteiger partial charge in [0.1, 0.15) is 0 Å². The summed E-state index contributed by atoms with van der Waals surface area (Å²) in [5.41, 5.74) is 0. The van der Waals surface area contributed by atoms with Crippen molar-refractivity contribution in [2.24, 2.45) is 16.8 Å². The number of rotatable bonds is 3. The van der Waals surface area contributed by atoms with Gasteiger partial charge in [0.25, 0.3) is 0 Å². The number of aliphatic imine (C=N–C) groups is 1. The fourth-order valence-corrected chi connectivity index (χ4v) is 3.96. The van der Waals surface area contributed by atoms with Gasteiger partial charge in [0.2, 0.25) is 6.08 Å². The molecule has 0 aromatic carbocycles. The highest BCUT2D eigenvalue weighted by molar-refractivity contribution is 5.33. The first-order valence-corrected chi connectivity index (χ1v) is 7.99. The standard InChI is InChI=1S/C16H27NO/c18-13-17-16(14-9-5-1-2-6-10-14)15-11-7-3-4-8-12-15/h14-16H,1-12H2. The molecule has 102 valence electrons. The van der Waals surface area contributed by atoms with Gasteiger partial charge in [0.05, 0.1) is 6.04 Å². The number of hydrogen-bond acceptors (Lipinski definition) is 2. The molecule has 18 heavy (non-hydrogen) atoms. The molecule has 2 aliphatic rings. The molecule has 0 heterocycles. The van der Waals surface area contributed by atoms with Crippen LogP contribution < -0.4 is 0 Å². The van der Waals surface area contributed by atoms with Crippen molar-refractivity contribution in [3.63, 3.8) is 0 Å². The third-order valence-corrected chi connectivity index (χ3v) is 4.97. The summed E-state index contributed by atoms with van der Waals surface area (Å²) in [6.45, 7) is 0. The molecule has 2 rings (SSSR count). The second-order valence-electron chi connectivity index (χ2n) is 6.21. The highest BCUT2D eigenvalue weighted by Gasteiger charge is 2.30. The molecule has 0 amide bonds. The van der Waals surface area contributed by atoms with Crippen molar-refractivity contribution in [2.45, 2.75) is 83.1 Å². The third kappa shape index (κ3) is 3.95. The summed E-state index contributed by atoms with van der Waals surface area (Å²) in [7, 11) is 0. The SMILES string of the molecule is O=C=NC(C1CCCCCC1)C1CCCCCC1. The van der Waals surface area contributed by atoms with E-state index in [4.69, 9.17) is 0 Å². The van der Waals surface area contributed by atoms with Crippen LogP contribution in [-0.4, -0.2) is 12.1 Å². The molecule has 0 aromatic rings. The van der Waals surface area contributed by atoms with Crippen molar-refractivity contribution in [1.29, 1.82) is 0 Å². The van der Waals surface area contributed by atoms with Crippen LogP contribution >= 0.6 is 0 Å². The van der Waals surface area contributed by atoms with E-state index in [9.17, 15) is 4.79 Å². The maximum Gasteiger partial charge on any atom is 0.235 e. The van der Waals surface area contributed by atoms with Crippen LogP contribution in [0.25, 0.3) is 0 Å². The second-order valence-corrected chi connectivity index (χ2v) is 6.21. The number of nitrogens with zero attached hydrogens (tertiary/aromatic N) is 1. The lowest BCUT2D eigenvalue weighted by molar-refractivity contribution is 0.263. The van der Waals surface area contributed by atoms with Crippen LogP contribution in [0.1, 0.15) is 77.0 Å². The molecule has 2 heteroatoms. The maximum atomic E-state index is 10.8. The average Bonchev–Trinajstić information content (AvgIpc) is 2.80. The molecule has 0 N–H and O–H groups in total. The van der Waals surface area contributed by atoms with Crippen LogP contribution in [0.2, 0.25) is 0 Å². The summed E-state index contributed by atoms with van der Waals surface area (Å²) < 4.78 is 0. The van der Waals surface area contributed by atoms with Crippen molar-refractivity contribution < 1.29 is 4.79 Å². The Kier molecular flexibility index (Phi) is 5.93. The minimum absolute atomic E-state index is 0.290. The van der Waals surface area contributed by atoms with E-state index < -0.39 is 0 Å². The Labute approximate surface area is 111 Å². The zero-order valence-corrected chi connectivity index (χ0v) is 11.6. The van der Waals surface area contributed by atoms with Crippen LogP contribution in [0, 0.1) is 11.8 Å². The third-order valence-electron chi connectivity index (χ3n) is 4.97. The van der Waals surface area contributed by atoms with Crippen molar-refractivity contribution in [3.05, 3.63) is 0 Å². The lowest BCUT2D eigenvalue weighted by Gasteiger charge is -2.28. The monoisotopic (exact) mass is 249 g/mol. The van der Waals surface area contributed by atoms with Crippen molar-refractivity contribution in [3.8, 4) is 0 Å². The van der Waals surface area contributed by atoms with E-state index in [2.05, 4.69) is 4.99 Å². The molecule has 2 nitrogen and oxygen atoms in total. The first-order valence-electron chi connectivity index (χ1n) is 7.99. The molecule has 0 aromatic heterocycles. The predicted molar refractivity (Wildman–Crippen MR) is 74.3 cm³/mol. The molecule has 0 unspecified atom stereocenters.